The fourth-order valence-electron chi connectivity index (χ4n) is 7.26. The number of aliphatic hydroxyl groups is 5. The van der Waals surface area contributed by atoms with E-state index in [1.165, 1.54) is 122 Å². The molecule has 0 saturated carbocycles. The van der Waals surface area contributed by atoms with Crippen molar-refractivity contribution in [3.8, 4) is 0 Å². The van der Waals surface area contributed by atoms with Crippen LogP contribution in [-0.2, 0) is 14.3 Å². The van der Waals surface area contributed by atoms with Crippen LogP contribution in [0.2, 0.25) is 0 Å². The van der Waals surface area contributed by atoms with E-state index in [9.17, 15) is 30.3 Å². The summed E-state index contributed by atoms with van der Waals surface area (Å²) in [6.07, 6.45) is 42.9. The van der Waals surface area contributed by atoms with Crippen LogP contribution in [-0.4, -0.2) is 87.5 Å². The standard InChI is InChI=1S/C49H89NO8/c1-3-5-7-9-11-13-15-17-19-21-23-25-27-29-31-33-35-37-39-45(53)50-42(41-57-49-48(56)47(55)46(54)44(40-51)58-49)43(52)38-36-34-32-30-28-26-24-22-20-18-16-14-12-10-8-6-4-2/h13,15,19,21,28,30,36,38,42-44,46-49,51-52,54-56H,3-12,14,16-18,20,22-27,29,31-35,37,39-41H2,1-2H3,(H,50,53)/b15-13-,21-19-,30-28+,38-36+. The number of amides is 1. The first-order chi connectivity index (χ1) is 28.3. The van der Waals surface area contributed by atoms with E-state index in [1.807, 2.05) is 6.08 Å². The number of carbonyl (C=O) groups is 1. The second kappa shape index (κ2) is 39.3. The van der Waals surface area contributed by atoms with E-state index in [4.69, 9.17) is 9.47 Å². The third-order valence-electron chi connectivity index (χ3n) is 11.1. The van der Waals surface area contributed by atoms with E-state index in [0.29, 0.717) is 6.42 Å². The summed E-state index contributed by atoms with van der Waals surface area (Å²) in [5.74, 6) is -0.196. The molecular weight excluding hydrogens is 731 g/mol. The van der Waals surface area contributed by atoms with Gasteiger partial charge in [0.25, 0.3) is 0 Å². The van der Waals surface area contributed by atoms with Gasteiger partial charge in [0, 0.05) is 6.42 Å². The highest BCUT2D eigenvalue weighted by molar-refractivity contribution is 5.76. The first-order valence-electron chi connectivity index (χ1n) is 23.9. The Labute approximate surface area is 354 Å². The molecule has 7 atom stereocenters. The zero-order valence-electron chi connectivity index (χ0n) is 37.0. The van der Waals surface area contributed by atoms with E-state index in [1.54, 1.807) is 6.08 Å². The van der Waals surface area contributed by atoms with Crippen molar-refractivity contribution in [2.75, 3.05) is 13.2 Å². The van der Waals surface area contributed by atoms with Crippen LogP contribution in [0.25, 0.3) is 0 Å². The van der Waals surface area contributed by atoms with Gasteiger partial charge in [0.2, 0.25) is 5.91 Å². The summed E-state index contributed by atoms with van der Waals surface area (Å²) in [5.41, 5.74) is 0. The maximum Gasteiger partial charge on any atom is 0.220 e. The van der Waals surface area contributed by atoms with Gasteiger partial charge < -0.3 is 40.3 Å². The van der Waals surface area contributed by atoms with Gasteiger partial charge in [0.15, 0.2) is 6.29 Å². The minimum atomic E-state index is -1.57. The third kappa shape index (κ3) is 29.4. The fraction of sp³-hybridized carbons (Fsp3) is 0.816. The van der Waals surface area contributed by atoms with Gasteiger partial charge in [-0.1, -0.05) is 178 Å². The molecule has 7 unspecified atom stereocenters. The largest absolute Gasteiger partial charge is 0.394 e. The van der Waals surface area contributed by atoms with Gasteiger partial charge in [-0.3, -0.25) is 4.79 Å². The van der Waals surface area contributed by atoms with E-state index >= 15 is 0 Å². The lowest BCUT2D eigenvalue weighted by molar-refractivity contribution is -0.302. The molecule has 0 spiro atoms. The Kier molecular flexibility index (Phi) is 36.7. The van der Waals surface area contributed by atoms with Crippen LogP contribution < -0.4 is 5.32 Å². The second-order valence-corrected chi connectivity index (χ2v) is 16.5. The highest BCUT2D eigenvalue weighted by Gasteiger charge is 2.44. The van der Waals surface area contributed by atoms with Crippen LogP contribution in [0.3, 0.4) is 0 Å². The average Bonchev–Trinajstić information content (AvgIpc) is 3.22. The van der Waals surface area contributed by atoms with Crippen LogP contribution in [0.5, 0.6) is 0 Å². The van der Waals surface area contributed by atoms with E-state index in [2.05, 4.69) is 55.6 Å². The molecule has 1 saturated heterocycles. The van der Waals surface area contributed by atoms with Gasteiger partial charge in [-0.2, -0.15) is 0 Å². The van der Waals surface area contributed by atoms with Crippen molar-refractivity contribution in [1.29, 1.82) is 0 Å². The van der Waals surface area contributed by atoms with Crippen LogP contribution in [0.1, 0.15) is 200 Å². The number of hydrogen-bond donors (Lipinski definition) is 6. The van der Waals surface area contributed by atoms with Gasteiger partial charge >= 0.3 is 0 Å². The number of allylic oxidation sites excluding steroid dienone is 7. The number of hydrogen-bond acceptors (Lipinski definition) is 8. The predicted octanol–water partition coefficient (Wildman–Crippen LogP) is 10.2. The first-order valence-corrected chi connectivity index (χ1v) is 23.9. The Hall–Kier alpha value is -1.85. The normalized spacial score (nSPS) is 21.3. The molecule has 0 aromatic rings. The van der Waals surface area contributed by atoms with Gasteiger partial charge in [-0.15, -0.1) is 0 Å². The van der Waals surface area contributed by atoms with E-state index in [0.717, 1.165) is 57.8 Å². The monoisotopic (exact) mass is 820 g/mol. The molecule has 1 amide bonds. The molecular formula is C49H89NO8. The Balaban J connectivity index is 2.38. The van der Waals surface area contributed by atoms with Crippen LogP contribution in [0.4, 0.5) is 0 Å². The molecule has 1 fully saturated rings. The number of ether oxygens (including phenoxy) is 2. The van der Waals surface area contributed by atoms with Gasteiger partial charge in [0.1, 0.15) is 24.4 Å². The molecule has 0 bridgehead atoms. The Morgan fingerprint density at radius 2 is 1.03 bits per heavy atom. The van der Waals surface area contributed by atoms with Crippen molar-refractivity contribution in [3.63, 3.8) is 0 Å². The third-order valence-corrected chi connectivity index (χ3v) is 11.1. The summed E-state index contributed by atoms with van der Waals surface area (Å²) in [6, 6.07) is -0.826. The Morgan fingerprint density at radius 1 is 0.586 bits per heavy atom. The van der Waals surface area contributed by atoms with Crippen molar-refractivity contribution in [1.82, 2.24) is 5.32 Å². The predicted molar refractivity (Wildman–Crippen MR) is 239 cm³/mol. The SMILES string of the molecule is CCCCCC/C=C\C/C=C\CCCCCCCCCC(=O)NC(COC1OC(CO)C(O)C(O)C1O)C(O)/C=C/CC/C=C/CCCCCCCCCCCCC. The lowest BCUT2D eigenvalue weighted by atomic mass is 9.99. The molecule has 0 aromatic heterocycles. The molecule has 58 heavy (non-hydrogen) atoms. The van der Waals surface area contributed by atoms with Crippen LogP contribution in [0, 0.1) is 0 Å². The maximum atomic E-state index is 13.0. The lowest BCUT2D eigenvalue weighted by Gasteiger charge is -2.40. The second-order valence-electron chi connectivity index (χ2n) is 16.5. The molecule has 0 aromatic carbocycles. The quantitative estimate of drug-likeness (QED) is 0.0265. The fourth-order valence-corrected chi connectivity index (χ4v) is 7.26. The minimum absolute atomic E-state index is 0.196. The van der Waals surface area contributed by atoms with E-state index < -0.39 is 49.5 Å². The summed E-state index contributed by atoms with van der Waals surface area (Å²) in [7, 11) is 0. The molecule has 1 aliphatic rings. The number of rotatable bonds is 39. The number of aliphatic hydroxyl groups excluding tert-OH is 5. The van der Waals surface area contributed by atoms with Crippen molar-refractivity contribution >= 4 is 5.91 Å². The highest BCUT2D eigenvalue weighted by atomic mass is 16.7. The van der Waals surface area contributed by atoms with Crippen molar-refractivity contribution in [2.45, 2.75) is 243 Å². The molecule has 9 heteroatoms. The summed E-state index contributed by atoms with van der Waals surface area (Å²) in [4.78, 5) is 13.0. The summed E-state index contributed by atoms with van der Waals surface area (Å²) in [5, 5.41) is 54.2. The molecule has 1 aliphatic heterocycles. The average molecular weight is 820 g/mol. The lowest BCUT2D eigenvalue weighted by Crippen LogP contribution is -2.60. The topological polar surface area (TPSA) is 149 Å². The Morgan fingerprint density at radius 3 is 1.57 bits per heavy atom. The van der Waals surface area contributed by atoms with Crippen molar-refractivity contribution in [2.24, 2.45) is 0 Å². The zero-order chi connectivity index (χ0) is 42.3. The molecule has 1 heterocycles. The first kappa shape index (κ1) is 54.2. The van der Waals surface area contributed by atoms with Crippen LogP contribution in [0.15, 0.2) is 48.6 Å². The smallest absolute Gasteiger partial charge is 0.220 e. The maximum absolute atomic E-state index is 13.0. The minimum Gasteiger partial charge on any atom is -0.394 e. The van der Waals surface area contributed by atoms with Gasteiger partial charge in [0.05, 0.1) is 25.4 Å². The molecule has 0 aliphatic carbocycles. The zero-order valence-corrected chi connectivity index (χ0v) is 37.0. The number of carbonyl (C=O) groups excluding carboxylic acids is 1. The summed E-state index contributed by atoms with van der Waals surface area (Å²) in [6.45, 7) is 3.73. The van der Waals surface area contributed by atoms with Crippen molar-refractivity contribution < 1.29 is 39.8 Å². The molecule has 338 valence electrons. The summed E-state index contributed by atoms with van der Waals surface area (Å²) >= 11 is 0. The van der Waals surface area contributed by atoms with Crippen molar-refractivity contribution in [3.05, 3.63) is 48.6 Å². The highest BCUT2D eigenvalue weighted by Crippen LogP contribution is 2.22. The summed E-state index contributed by atoms with van der Waals surface area (Å²) < 4.78 is 11.2. The Bertz CT molecular complexity index is 1050. The number of unbranched alkanes of at least 4 members (excludes halogenated alkanes) is 23. The van der Waals surface area contributed by atoms with Gasteiger partial charge in [-0.25, -0.2) is 0 Å². The molecule has 0 radical (unpaired) electrons. The molecule has 1 rings (SSSR count). The molecule has 6 N–H and O–H groups in total. The van der Waals surface area contributed by atoms with Gasteiger partial charge in [-0.05, 0) is 64.2 Å². The number of nitrogens with one attached hydrogen (secondary N) is 1. The van der Waals surface area contributed by atoms with E-state index in [-0.39, 0.29) is 12.5 Å². The molecule has 9 nitrogen and oxygen atoms in total. The van der Waals surface area contributed by atoms with Crippen LogP contribution >= 0.6 is 0 Å².